The molecule has 0 aliphatic carbocycles. The van der Waals surface area contributed by atoms with Crippen LogP contribution in [0.4, 0.5) is 0 Å². The highest BCUT2D eigenvalue weighted by Gasteiger charge is 2.21. The van der Waals surface area contributed by atoms with Crippen molar-refractivity contribution in [3.63, 3.8) is 0 Å². The number of fused-ring (bicyclic) bond motifs is 4. The second-order valence-corrected chi connectivity index (χ2v) is 13.0. The third-order valence-corrected chi connectivity index (χ3v) is 9.46. The van der Waals surface area contributed by atoms with E-state index >= 15 is 0 Å². The lowest BCUT2D eigenvalue weighted by atomic mass is 9.95. The molecule has 0 spiro atoms. The number of allylic oxidation sites excluding steroid dienone is 2. The minimum atomic E-state index is 0.460. The first-order valence-electron chi connectivity index (χ1n) is 18.0. The molecule has 5 nitrogen and oxygen atoms in total. The standard InChI is InChI=1S/C50H37N3O2/c1-4-14-35(5-2)50(52-33-34-15-7-6-8-16-34)53-49(51-3)43-23-13-22-41(31-43)39-20-11-18-37(29-39)38-19-12-21-40(30-38)42-26-27-45-47(32-42)54-46-28-25-36-17-9-10-24-44(36)48(46)55-45/h4-32H,1-3,33H2/b35-14+,52-50?,53-49?. The highest BCUT2D eigenvalue weighted by molar-refractivity contribution is 6.13. The Bertz CT molecular complexity index is 2690. The smallest absolute Gasteiger partial charge is 0.177 e. The third-order valence-electron chi connectivity index (χ3n) is 9.46. The van der Waals surface area contributed by atoms with Gasteiger partial charge in [-0.1, -0.05) is 153 Å². The molecule has 8 rings (SSSR count). The van der Waals surface area contributed by atoms with Gasteiger partial charge in [0.2, 0.25) is 0 Å². The molecule has 0 fully saturated rings. The first kappa shape index (κ1) is 34.7. The summed E-state index contributed by atoms with van der Waals surface area (Å²) in [6.45, 7) is 12.2. The highest BCUT2D eigenvalue weighted by atomic mass is 16.6. The molecule has 1 heterocycles. The van der Waals surface area contributed by atoms with E-state index < -0.39 is 0 Å². The molecule has 55 heavy (non-hydrogen) atoms. The lowest BCUT2D eigenvalue weighted by Gasteiger charge is -2.22. The van der Waals surface area contributed by atoms with Crippen molar-refractivity contribution in [2.45, 2.75) is 6.54 Å². The van der Waals surface area contributed by atoms with Gasteiger partial charge in [0.15, 0.2) is 34.7 Å². The molecule has 0 saturated heterocycles. The van der Waals surface area contributed by atoms with E-state index in [0.29, 0.717) is 35.5 Å². The van der Waals surface area contributed by atoms with Gasteiger partial charge in [-0.2, -0.15) is 0 Å². The molecule has 7 aromatic rings. The summed E-state index contributed by atoms with van der Waals surface area (Å²) in [5.41, 5.74) is 9.04. The fraction of sp³-hybridized carbons (Fsp3) is 0.0200. The Hall–Kier alpha value is -7.37. The van der Waals surface area contributed by atoms with Crippen LogP contribution in [0.1, 0.15) is 11.1 Å². The molecule has 1 aliphatic rings. The Morgan fingerprint density at radius 1 is 0.564 bits per heavy atom. The lowest BCUT2D eigenvalue weighted by molar-refractivity contribution is 0.363. The summed E-state index contributed by atoms with van der Waals surface area (Å²) in [5, 5.41) is 2.14. The number of aliphatic imine (C=N–C) groups is 3. The second kappa shape index (κ2) is 15.7. The molecule has 0 amide bonds. The predicted molar refractivity (Wildman–Crippen MR) is 229 cm³/mol. The van der Waals surface area contributed by atoms with E-state index in [0.717, 1.165) is 66.6 Å². The average molecular weight is 712 g/mol. The van der Waals surface area contributed by atoms with Crippen LogP contribution in [-0.2, 0) is 6.54 Å². The molecule has 0 atom stereocenters. The molecule has 0 N–H and O–H groups in total. The average Bonchev–Trinajstić information content (AvgIpc) is 3.25. The number of nitrogens with zero attached hydrogens (tertiary/aromatic N) is 3. The summed E-state index contributed by atoms with van der Waals surface area (Å²) >= 11 is 0. The van der Waals surface area contributed by atoms with Crippen molar-refractivity contribution in [3.8, 4) is 56.4 Å². The maximum atomic E-state index is 6.38. The molecule has 264 valence electrons. The predicted octanol–water partition coefficient (Wildman–Crippen LogP) is 13.1. The number of hydrogen-bond donors (Lipinski definition) is 0. The number of hydrogen-bond acceptors (Lipinski definition) is 3. The largest absolute Gasteiger partial charge is 0.449 e. The van der Waals surface area contributed by atoms with Crippen LogP contribution in [0.5, 0.6) is 23.0 Å². The molecule has 0 unspecified atom stereocenters. The molecule has 0 aromatic heterocycles. The van der Waals surface area contributed by atoms with Crippen molar-refractivity contribution in [3.05, 3.63) is 206 Å². The maximum Gasteiger partial charge on any atom is 0.177 e. The lowest BCUT2D eigenvalue weighted by Crippen LogP contribution is -2.06. The number of rotatable bonds is 9. The van der Waals surface area contributed by atoms with Crippen LogP contribution in [0.3, 0.4) is 0 Å². The summed E-state index contributed by atoms with van der Waals surface area (Å²) in [4.78, 5) is 14.1. The monoisotopic (exact) mass is 711 g/mol. The first-order valence-corrected chi connectivity index (χ1v) is 18.0. The minimum absolute atomic E-state index is 0.460. The number of ether oxygens (including phenoxy) is 2. The molecule has 0 bridgehead atoms. The van der Waals surface area contributed by atoms with Gasteiger partial charge in [0, 0.05) is 16.5 Å². The summed E-state index contributed by atoms with van der Waals surface area (Å²) < 4.78 is 12.8. The summed E-state index contributed by atoms with van der Waals surface area (Å²) in [6, 6.07) is 53.6. The van der Waals surface area contributed by atoms with Crippen molar-refractivity contribution < 1.29 is 9.47 Å². The zero-order valence-electron chi connectivity index (χ0n) is 30.2. The molecule has 0 radical (unpaired) electrons. The zero-order valence-corrected chi connectivity index (χ0v) is 30.2. The topological polar surface area (TPSA) is 55.5 Å². The Morgan fingerprint density at radius 3 is 1.89 bits per heavy atom. The second-order valence-electron chi connectivity index (χ2n) is 13.0. The molecular weight excluding hydrogens is 675 g/mol. The van der Waals surface area contributed by atoms with E-state index in [2.05, 4.69) is 110 Å². The molecule has 1 aliphatic heterocycles. The van der Waals surface area contributed by atoms with E-state index in [9.17, 15) is 0 Å². The van der Waals surface area contributed by atoms with Gasteiger partial charge >= 0.3 is 0 Å². The minimum Gasteiger partial charge on any atom is -0.449 e. The molecule has 0 saturated carbocycles. The zero-order chi connectivity index (χ0) is 37.6. The Balaban J connectivity index is 1.07. The fourth-order valence-electron chi connectivity index (χ4n) is 6.68. The van der Waals surface area contributed by atoms with Gasteiger partial charge in [-0.25, -0.2) is 9.98 Å². The van der Waals surface area contributed by atoms with E-state index in [1.54, 1.807) is 12.2 Å². The van der Waals surface area contributed by atoms with Gasteiger partial charge < -0.3 is 9.47 Å². The first-order chi connectivity index (χ1) is 27.1. The SMILES string of the molecule is C=C/C=C(\C=C)C(=NCc1ccccc1)N=C(N=C)c1cccc(-c2cccc(-c3cccc(-c4ccc5c(c4)Oc4ccc6ccccc6c4O5)c3)c2)c1. The molecule has 5 heteroatoms. The number of amidine groups is 2. The summed E-state index contributed by atoms with van der Waals surface area (Å²) in [6.07, 6.45) is 5.26. The highest BCUT2D eigenvalue weighted by Crippen LogP contribution is 2.49. The van der Waals surface area contributed by atoms with Gasteiger partial charge in [0.05, 0.1) is 6.54 Å². The van der Waals surface area contributed by atoms with Crippen LogP contribution in [0.15, 0.2) is 210 Å². The van der Waals surface area contributed by atoms with Crippen LogP contribution in [0.2, 0.25) is 0 Å². The summed E-state index contributed by atoms with van der Waals surface area (Å²) in [7, 11) is 0. The fourth-order valence-corrected chi connectivity index (χ4v) is 6.68. The van der Waals surface area contributed by atoms with Gasteiger partial charge in [-0.05, 0) is 87.4 Å². The van der Waals surface area contributed by atoms with E-state index in [4.69, 9.17) is 19.5 Å². The van der Waals surface area contributed by atoms with Crippen molar-refractivity contribution in [1.29, 1.82) is 0 Å². The Kier molecular flexibility index (Phi) is 9.91. The quantitative estimate of drug-likeness (QED) is 0.0850. The van der Waals surface area contributed by atoms with Crippen molar-refractivity contribution in [1.82, 2.24) is 0 Å². The Labute approximate surface area is 321 Å². The maximum absolute atomic E-state index is 6.38. The van der Waals surface area contributed by atoms with Gasteiger partial charge in [-0.15, -0.1) is 0 Å². The van der Waals surface area contributed by atoms with Crippen LogP contribution >= 0.6 is 0 Å². The molecular formula is C50H37N3O2. The van der Waals surface area contributed by atoms with Crippen molar-refractivity contribution in [2.75, 3.05) is 0 Å². The third kappa shape index (κ3) is 7.45. The van der Waals surface area contributed by atoms with Crippen LogP contribution in [-0.4, -0.2) is 18.4 Å². The summed E-state index contributed by atoms with van der Waals surface area (Å²) in [5.74, 6) is 3.81. The van der Waals surface area contributed by atoms with Crippen molar-refractivity contribution >= 4 is 29.2 Å². The normalized spacial score (nSPS) is 12.5. The van der Waals surface area contributed by atoms with E-state index in [1.165, 1.54) is 0 Å². The van der Waals surface area contributed by atoms with Crippen LogP contribution < -0.4 is 9.47 Å². The van der Waals surface area contributed by atoms with E-state index in [-0.39, 0.29) is 0 Å². The van der Waals surface area contributed by atoms with Gasteiger partial charge in [0.25, 0.3) is 0 Å². The molecule has 7 aromatic carbocycles. The van der Waals surface area contributed by atoms with Crippen LogP contribution in [0, 0.1) is 0 Å². The number of benzene rings is 7. The van der Waals surface area contributed by atoms with Gasteiger partial charge in [0.1, 0.15) is 0 Å². The van der Waals surface area contributed by atoms with Crippen molar-refractivity contribution in [2.24, 2.45) is 15.0 Å². The van der Waals surface area contributed by atoms with E-state index in [1.807, 2.05) is 78.9 Å². The Morgan fingerprint density at radius 2 is 1.20 bits per heavy atom. The van der Waals surface area contributed by atoms with Gasteiger partial charge in [-0.3, -0.25) is 4.99 Å². The van der Waals surface area contributed by atoms with Crippen LogP contribution in [0.25, 0.3) is 44.2 Å².